The number of hydrogen-bond donors (Lipinski definition) is 0. The zero-order valence-corrected chi connectivity index (χ0v) is 10.9. The van der Waals surface area contributed by atoms with Crippen LogP contribution in [-0.4, -0.2) is 23.7 Å². The SMILES string of the molecule is CCCOc1cc(N2C3C=CCC2CC3)ccn1. The maximum atomic E-state index is 5.62. The molecule has 0 aliphatic carbocycles. The summed E-state index contributed by atoms with van der Waals surface area (Å²) in [6.45, 7) is 2.85. The number of pyridine rings is 1. The Balaban J connectivity index is 1.82. The van der Waals surface area contributed by atoms with Crippen LogP contribution in [0.5, 0.6) is 5.88 Å². The summed E-state index contributed by atoms with van der Waals surface area (Å²) in [6.07, 6.45) is 11.3. The van der Waals surface area contributed by atoms with Crippen molar-refractivity contribution in [1.82, 2.24) is 4.98 Å². The Bertz CT molecular complexity index is 444. The molecule has 2 unspecified atom stereocenters. The second kappa shape index (κ2) is 5.01. The van der Waals surface area contributed by atoms with Gasteiger partial charge in [-0.15, -0.1) is 0 Å². The van der Waals surface area contributed by atoms with Gasteiger partial charge in [-0.05, 0) is 31.7 Å². The summed E-state index contributed by atoms with van der Waals surface area (Å²) in [5.74, 6) is 0.753. The van der Waals surface area contributed by atoms with Gasteiger partial charge in [-0.1, -0.05) is 19.1 Å². The predicted octanol–water partition coefficient (Wildman–Crippen LogP) is 3.17. The van der Waals surface area contributed by atoms with Crippen LogP contribution in [0.3, 0.4) is 0 Å². The predicted molar refractivity (Wildman–Crippen MR) is 73.1 cm³/mol. The van der Waals surface area contributed by atoms with Gasteiger partial charge in [-0.25, -0.2) is 4.98 Å². The van der Waals surface area contributed by atoms with E-state index in [0.29, 0.717) is 12.1 Å². The minimum Gasteiger partial charge on any atom is -0.478 e. The molecule has 0 N–H and O–H groups in total. The summed E-state index contributed by atoms with van der Waals surface area (Å²) >= 11 is 0. The topological polar surface area (TPSA) is 25.4 Å². The van der Waals surface area contributed by atoms with E-state index in [2.05, 4.69) is 41.1 Å². The van der Waals surface area contributed by atoms with Gasteiger partial charge >= 0.3 is 0 Å². The fourth-order valence-corrected chi connectivity index (χ4v) is 2.97. The number of anilines is 1. The molecule has 1 fully saturated rings. The number of hydrogen-bond acceptors (Lipinski definition) is 3. The largest absolute Gasteiger partial charge is 0.478 e. The first-order valence-corrected chi connectivity index (χ1v) is 6.92. The number of aromatic nitrogens is 1. The third kappa shape index (κ3) is 2.09. The zero-order chi connectivity index (χ0) is 12.4. The molecule has 0 spiro atoms. The van der Waals surface area contributed by atoms with Gasteiger partial charge in [0.25, 0.3) is 0 Å². The Labute approximate surface area is 108 Å². The second-order valence-electron chi connectivity index (χ2n) is 5.07. The van der Waals surface area contributed by atoms with Gasteiger partial charge in [-0.2, -0.15) is 0 Å². The molecule has 3 heteroatoms. The minimum absolute atomic E-state index is 0.574. The Morgan fingerprint density at radius 2 is 2.39 bits per heavy atom. The summed E-state index contributed by atoms with van der Waals surface area (Å²) in [5, 5.41) is 0. The highest BCUT2D eigenvalue weighted by Gasteiger charge is 2.33. The lowest BCUT2D eigenvalue weighted by atomic mass is 10.1. The lowest BCUT2D eigenvalue weighted by molar-refractivity contribution is 0.305. The lowest BCUT2D eigenvalue weighted by Crippen LogP contribution is -2.37. The number of nitrogens with zero attached hydrogens (tertiary/aromatic N) is 2. The Morgan fingerprint density at radius 3 is 3.22 bits per heavy atom. The summed E-state index contributed by atoms with van der Waals surface area (Å²) < 4.78 is 5.62. The molecule has 18 heavy (non-hydrogen) atoms. The molecule has 96 valence electrons. The lowest BCUT2D eigenvalue weighted by Gasteiger charge is -2.33. The monoisotopic (exact) mass is 244 g/mol. The number of ether oxygens (including phenoxy) is 1. The van der Waals surface area contributed by atoms with E-state index in [4.69, 9.17) is 4.74 Å². The van der Waals surface area contributed by atoms with E-state index in [1.54, 1.807) is 0 Å². The average molecular weight is 244 g/mol. The van der Waals surface area contributed by atoms with Gasteiger partial charge in [0.15, 0.2) is 0 Å². The van der Waals surface area contributed by atoms with Crippen molar-refractivity contribution >= 4 is 5.69 Å². The van der Waals surface area contributed by atoms with Crippen molar-refractivity contribution in [1.29, 1.82) is 0 Å². The molecule has 2 aliphatic heterocycles. The molecular formula is C15H20N2O. The van der Waals surface area contributed by atoms with Gasteiger partial charge in [0, 0.05) is 30.0 Å². The molecule has 3 heterocycles. The van der Waals surface area contributed by atoms with Crippen molar-refractivity contribution in [2.24, 2.45) is 0 Å². The standard InChI is InChI=1S/C15H20N2O/c1-2-10-18-15-11-14(8-9-16-15)17-12-4-3-5-13(17)7-6-12/h3-4,8-9,11-13H,2,5-7,10H2,1H3. The normalized spacial score (nSPS) is 25.5. The van der Waals surface area contributed by atoms with Gasteiger partial charge in [0.1, 0.15) is 0 Å². The average Bonchev–Trinajstić information content (AvgIpc) is 2.66. The van der Waals surface area contributed by atoms with Crippen molar-refractivity contribution in [3.63, 3.8) is 0 Å². The first-order chi connectivity index (χ1) is 8.88. The quantitative estimate of drug-likeness (QED) is 0.761. The van der Waals surface area contributed by atoms with Crippen LogP contribution < -0.4 is 9.64 Å². The first-order valence-electron chi connectivity index (χ1n) is 6.92. The maximum absolute atomic E-state index is 5.62. The van der Waals surface area contributed by atoms with E-state index < -0.39 is 0 Å². The summed E-state index contributed by atoms with van der Waals surface area (Å²) in [6, 6.07) is 5.43. The third-order valence-corrected chi connectivity index (χ3v) is 3.78. The van der Waals surface area contributed by atoms with Crippen molar-refractivity contribution in [3.05, 3.63) is 30.5 Å². The molecule has 3 nitrogen and oxygen atoms in total. The smallest absolute Gasteiger partial charge is 0.215 e. The van der Waals surface area contributed by atoms with Crippen LogP contribution in [0.1, 0.15) is 32.6 Å². The van der Waals surface area contributed by atoms with Gasteiger partial charge in [0.05, 0.1) is 6.61 Å². The van der Waals surface area contributed by atoms with Crippen LogP contribution in [0.4, 0.5) is 5.69 Å². The molecule has 1 saturated heterocycles. The minimum atomic E-state index is 0.574. The van der Waals surface area contributed by atoms with Crippen LogP contribution in [0.2, 0.25) is 0 Å². The molecule has 0 amide bonds. The molecule has 2 bridgehead atoms. The summed E-state index contributed by atoms with van der Waals surface area (Å²) in [5.41, 5.74) is 1.26. The van der Waals surface area contributed by atoms with Crippen LogP contribution >= 0.6 is 0 Å². The molecular weight excluding hydrogens is 224 g/mol. The Hall–Kier alpha value is -1.51. The van der Waals surface area contributed by atoms with E-state index in [9.17, 15) is 0 Å². The van der Waals surface area contributed by atoms with E-state index in [-0.39, 0.29) is 0 Å². The van der Waals surface area contributed by atoms with Crippen molar-refractivity contribution in [2.75, 3.05) is 11.5 Å². The fourth-order valence-electron chi connectivity index (χ4n) is 2.97. The summed E-state index contributed by atoms with van der Waals surface area (Å²) in [7, 11) is 0. The van der Waals surface area contributed by atoms with Crippen LogP contribution in [0.25, 0.3) is 0 Å². The van der Waals surface area contributed by atoms with Crippen molar-refractivity contribution in [3.8, 4) is 5.88 Å². The molecule has 0 aromatic carbocycles. The highest BCUT2D eigenvalue weighted by Crippen LogP contribution is 2.36. The third-order valence-electron chi connectivity index (χ3n) is 3.78. The molecule has 1 aromatic rings. The Morgan fingerprint density at radius 1 is 1.44 bits per heavy atom. The first kappa shape index (κ1) is 11.6. The molecule has 3 rings (SSSR count). The second-order valence-corrected chi connectivity index (χ2v) is 5.07. The molecule has 2 atom stereocenters. The molecule has 1 aromatic heterocycles. The van der Waals surface area contributed by atoms with Crippen molar-refractivity contribution in [2.45, 2.75) is 44.7 Å². The van der Waals surface area contributed by atoms with E-state index in [1.807, 2.05) is 6.20 Å². The number of rotatable bonds is 4. The van der Waals surface area contributed by atoms with Crippen LogP contribution in [-0.2, 0) is 0 Å². The van der Waals surface area contributed by atoms with E-state index >= 15 is 0 Å². The molecule has 0 saturated carbocycles. The maximum Gasteiger partial charge on any atom is 0.215 e. The Kier molecular flexibility index (Phi) is 3.22. The fraction of sp³-hybridized carbons (Fsp3) is 0.533. The molecule has 0 radical (unpaired) electrons. The zero-order valence-electron chi connectivity index (χ0n) is 10.9. The summed E-state index contributed by atoms with van der Waals surface area (Å²) in [4.78, 5) is 6.80. The van der Waals surface area contributed by atoms with Crippen LogP contribution in [0, 0.1) is 0 Å². The van der Waals surface area contributed by atoms with Gasteiger partial charge in [0.2, 0.25) is 5.88 Å². The highest BCUT2D eigenvalue weighted by molar-refractivity contribution is 5.53. The van der Waals surface area contributed by atoms with E-state index in [1.165, 1.54) is 24.9 Å². The number of fused-ring (bicyclic) bond motifs is 2. The highest BCUT2D eigenvalue weighted by atomic mass is 16.5. The van der Waals surface area contributed by atoms with E-state index in [0.717, 1.165) is 18.9 Å². The van der Waals surface area contributed by atoms with Crippen LogP contribution in [0.15, 0.2) is 30.5 Å². The van der Waals surface area contributed by atoms with Gasteiger partial charge < -0.3 is 9.64 Å². The molecule has 2 aliphatic rings. The van der Waals surface area contributed by atoms with Crippen molar-refractivity contribution < 1.29 is 4.74 Å². The van der Waals surface area contributed by atoms with Gasteiger partial charge in [-0.3, -0.25) is 0 Å².